The van der Waals surface area contributed by atoms with Crippen LogP contribution in [0.1, 0.15) is 18.4 Å². The van der Waals surface area contributed by atoms with Crippen molar-refractivity contribution in [2.75, 3.05) is 25.0 Å². The van der Waals surface area contributed by atoms with Crippen LogP contribution in [-0.2, 0) is 0 Å². The predicted octanol–water partition coefficient (Wildman–Crippen LogP) is 5.23. The van der Waals surface area contributed by atoms with Gasteiger partial charge in [-0.1, -0.05) is 0 Å². The molecule has 0 unspecified atom stereocenters. The first-order chi connectivity index (χ1) is 9.76. The van der Waals surface area contributed by atoms with Crippen molar-refractivity contribution in [3.63, 3.8) is 0 Å². The molecule has 1 aromatic heterocycles. The van der Waals surface area contributed by atoms with E-state index in [-0.39, 0.29) is 0 Å². The van der Waals surface area contributed by atoms with E-state index in [1.165, 1.54) is 15.6 Å². The Labute approximate surface area is 133 Å². The number of benzene rings is 1. The Bertz CT molecular complexity index is 554. The smallest absolute Gasteiger partial charge is 0.162 e. The van der Waals surface area contributed by atoms with Crippen molar-refractivity contribution < 1.29 is 9.47 Å². The molecule has 110 valence electrons. The average Bonchev–Trinajstić information content (AvgIpc) is 2.80. The predicted molar refractivity (Wildman–Crippen MR) is 88.2 cm³/mol. The maximum absolute atomic E-state index is 5.80. The largest absolute Gasteiger partial charge is 0.490 e. The molecule has 0 amide bonds. The third kappa shape index (κ3) is 3.94. The molecular formula is C15H18Cl2O2S. The first-order valence-corrected chi connectivity index (χ1v) is 8.60. The zero-order valence-electron chi connectivity index (χ0n) is 11.5. The summed E-state index contributed by atoms with van der Waals surface area (Å²) in [5.74, 6) is 2.78. The Morgan fingerprint density at radius 3 is 2.20 bits per heavy atom. The molecule has 0 atom stereocenters. The van der Waals surface area contributed by atoms with Crippen LogP contribution >= 0.6 is 34.5 Å². The third-order valence-electron chi connectivity index (χ3n) is 2.90. The van der Waals surface area contributed by atoms with Crippen LogP contribution in [0.5, 0.6) is 11.5 Å². The van der Waals surface area contributed by atoms with Crippen LogP contribution in [0.3, 0.4) is 0 Å². The minimum absolute atomic E-state index is 0.599. The van der Waals surface area contributed by atoms with Gasteiger partial charge in [-0.05, 0) is 42.2 Å². The molecule has 0 aliphatic carbocycles. The highest BCUT2D eigenvalue weighted by atomic mass is 35.5. The average molecular weight is 333 g/mol. The number of hydrogen-bond donors (Lipinski definition) is 0. The van der Waals surface area contributed by atoms with E-state index in [1.54, 1.807) is 11.3 Å². The fourth-order valence-electron chi connectivity index (χ4n) is 1.86. The number of alkyl halides is 2. The van der Waals surface area contributed by atoms with Crippen LogP contribution in [0.2, 0.25) is 0 Å². The second-order valence-electron chi connectivity index (χ2n) is 4.50. The van der Waals surface area contributed by atoms with Gasteiger partial charge in [0, 0.05) is 22.5 Å². The minimum Gasteiger partial charge on any atom is -0.490 e. The molecule has 20 heavy (non-hydrogen) atoms. The van der Waals surface area contributed by atoms with Crippen molar-refractivity contribution in [3.05, 3.63) is 23.1 Å². The Morgan fingerprint density at radius 1 is 1.00 bits per heavy atom. The number of rotatable bonds is 8. The van der Waals surface area contributed by atoms with Crippen LogP contribution in [0.15, 0.2) is 17.5 Å². The molecule has 2 nitrogen and oxygen atoms in total. The Morgan fingerprint density at radius 2 is 1.60 bits per heavy atom. The number of aryl methyl sites for hydroxylation is 1. The quantitative estimate of drug-likeness (QED) is 0.487. The lowest BCUT2D eigenvalue weighted by molar-refractivity contribution is 0.270. The molecule has 2 aromatic rings. The van der Waals surface area contributed by atoms with E-state index in [0.717, 1.165) is 24.3 Å². The number of hydrogen-bond acceptors (Lipinski definition) is 3. The van der Waals surface area contributed by atoms with Gasteiger partial charge in [0.25, 0.3) is 0 Å². The molecule has 0 aliphatic rings. The SMILES string of the molecule is Cc1csc2cc(OCCCCl)c(OCCCCl)cc12. The van der Waals surface area contributed by atoms with Crippen molar-refractivity contribution >= 4 is 44.6 Å². The Balaban J connectivity index is 2.22. The Kier molecular flexibility index (Phi) is 6.27. The first kappa shape index (κ1) is 15.7. The zero-order valence-corrected chi connectivity index (χ0v) is 13.8. The van der Waals surface area contributed by atoms with Gasteiger partial charge < -0.3 is 9.47 Å². The summed E-state index contributed by atoms with van der Waals surface area (Å²) in [4.78, 5) is 0. The van der Waals surface area contributed by atoms with E-state index in [4.69, 9.17) is 32.7 Å². The van der Waals surface area contributed by atoms with Gasteiger partial charge in [0.05, 0.1) is 13.2 Å². The molecule has 0 fully saturated rings. The van der Waals surface area contributed by atoms with Gasteiger partial charge in [-0.2, -0.15) is 0 Å². The molecular weight excluding hydrogens is 315 g/mol. The van der Waals surface area contributed by atoms with Gasteiger partial charge in [-0.3, -0.25) is 0 Å². The van der Waals surface area contributed by atoms with Crippen molar-refractivity contribution in [1.82, 2.24) is 0 Å². The normalized spacial score (nSPS) is 10.9. The molecule has 0 bridgehead atoms. The maximum Gasteiger partial charge on any atom is 0.162 e. The van der Waals surface area contributed by atoms with Gasteiger partial charge in [0.2, 0.25) is 0 Å². The monoisotopic (exact) mass is 332 g/mol. The van der Waals surface area contributed by atoms with Crippen LogP contribution in [0, 0.1) is 6.92 Å². The topological polar surface area (TPSA) is 18.5 Å². The lowest BCUT2D eigenvalue weighted by Gasteiger charge is -2.13. The van der Waals surface area contributed by atoms with Gasteiger partial charge in [-0.15, -0.1) is 34.5 Å². The highest BCUT2D eigenvalue weighted by molar-refractivity contribution is 7.17. The zero-order chi connectivity index (χ0) is 14.4. The van der Waals surface area contributed by atoms with E-state index in [9.17, 15) is 0 Å². The van der Waals surface area contributed by atoms with Gasteiger partial charge in [0.1, 0.15) is 0 Å². The maximum atomic E-state index is 5.80. The van der Waals surface area contributed by atoms with Crippen LogP contribution in [-0.4, -0.2) is 25.0 Å². The first-order valence-electron chi connectivity index (χ1n) is 6.65. The van der Waals surface area contributed by atoms with E-state index in [0.29, 0.717) is 25.0 Å². The summed E-state index contributed by atoms with van der Waals surface area (Å²) in [5, 5.41) is 3.37. The van der Waals surface area contributed by atoms with Crippen molar-refractivity contribution in [2.24, 2.45) is 0 Å². The molecule has 0 spiro atoms. The molecule has 2 rings (SSSR count). The molecule has 0 radical (unpaired) electrons. The van der Waals surface area contributed by atoms with Crippen molar-refractivity contribution in [1.29, 1.82) is 0 Å². The summed E-state index contributed by atoms with van der Waals surface area (Å²) in [7, 11) is 0. The molecule has 1 aromatic carbocycles. The van der Waals surface area contributed by atoms with E-state index in [2.05, 4.69) is 24.4 Å². The summed E-state index contributed by atoms with van der Waals surface area (Å²) in [6.45, 7) is 3.31. The molecule has 0 N–H and O–H groups in total. The molecule has 1 heterocycles. The Hall–Kier alpha value is -0.640. The lowest BCUT2D eigenvalue weighted by Crippen LogP contribution is -2.03. The summed E-state index contributed by atoms with van der Waals surface area (Å²) < 4.78 is 12.8. The molecule has 0 aliphatic heterocycles. The second-order valence-corrected chi connectivity index (χ2v) is 6.16. The van der Waals surface area contributed by atoms with E-state index < -0.39 is 0 Å². The summed E-state index contributed by atoms with van der Waals surface area (Å²) >= 11 is 13.1. The lowest BCUT2D eigenvalue weighted by atomic mass is 10.2. The van der Waals surface area contributed by atoms with Crippen molar-refractivity contribution in [3.8, 4) is 11.5 Å². The van der Waals surface area contributed by atoms with E-state index in [1.807, 2.05) is 0 Å². The van der Waals surface area contributed by atoms with E-state index >= 15 is 0 Å². The van der Waals surface area contributed by atoms with Crippen LogP contribution < -0.4 is 9.47 Å². The fourth-order valence-corrected chi connectivity index (χ4v) is 3.03. The molecule has 0 saturated heterocycles. The molecule has 5 heteroatoms. The number of halogens is 2. The fraction of sp³-hybridized carbons (Fsp3) is 0.467. The number of thiophene rings is 1. The minimum atomic E-state index is 0.599. The summed E-state index contributed by atoms with van der Waals surface area (Å²) in [5.41, 5.74) is 1.26. The van der Waals surface area contributed by atoms with Gasteiger partial charge >= 0.3 is 0 Å². The second kappa shape index (κ2) is 7.96. The summed E-state index contributed by atoms with van der Waals surface area (Å²) in [6, 6.07) is 4.11. The van der Waals surface area contributed by atoms with Crippen LogP contribution in [0.25, 0.3) is 10.1 Å². The highest BCUT2D eigenvalue weighted by Crippen LogP contribution is 2.37. The third-order valence-corrected chi connectivity index (χ3v) is 4.50. The van der Waals surface area contributed by atoms with Crippen LogP contribution in [0.4, 0.5) is 0 Å². The number of ether oxygens (including phenoxy) is 2. The van der Waals surface area contributed by atoms with Gasteiger partial charge in [-0.25, -0.2) is 0 Å². The van der Waals surface area contributed by atoms with Crippen molar-refractivity contribution in [2.45, 2.75) is 19.8 Å². The number of fused-ring (bicyclic) bond motifs is 1. The summed E-state index contributed by atoms with van der Waals surface area (Å²) in [6.07, 6.45) is 1.65. The highest BCUT2D eigenvalue weighted by Gasteiger charge is 2.10. The standard InChI is InChI=1S/C15H18Cl2O2S/c1-11-10-20-15-9-14(19-7-3-5-17)13(8-12(11)15)18-6-2-4-16/h8-10H,2-7H2,1H3. The van der Waals surface area contributed by atoms with Gasteiger partial charge in [0.15, 0.2) is 11.5 Å². The molecule has 0 saturated carbocycles.